The highest BCUT2D eigenvalue weighted by Gasteiger charge is 2.32. The van der Waals surface area contributed by atoms with Gasteiger partial charge in [-0.05, 0) is 18.2 Å². The fourth-order valence-corrected chi connectivity index (χ4v) is 3.30. The minimum Gasteiger partial charge on any atom is -0.311 e. The van der Waals surface area contributed by atoms with Crippen LogP contribution in [0.15, 0.2) is 48.1 Å². The summed E-state index contributed by atoms with van der Waals surface area (Å²) in [7, 11) is 1.55. The van der Waals surface area contributed by atoms with Crippen LogP contribution >= 0.6 is 23.4 Å². The SMILES string of the molecule is CN(C(=O)CCSc1nccc(C(F)(F)F)n1)c1cn(-c2cccnc2)nc1Cl. The molecule has 0 aliphatic carbocycles. The summed E-state index contributed by atoms with van der Waals surface area (Å²) in [4.78, 5) is 25.0. The van der Waals surface area contributed by atoms with Crippen molar-refractivity contribution in [2.24, 2.45) is 0 Å². The van der Waals surface area contributed by atoms with Crippen molar-refractivity contribution < 1.29 is 18.0 Å². The topological polar surface area (TPSA) is 76.8 Å². The van der Waals surface area contributed by atoms with Gasteiger partial charge < -0.3 is 4.90 Å². The van der Waals surface area contributed by atoms with Crippen LogP contribution in [-0.4, -0.2) is 43.4 Å². The number of carbonyl (C=O) groups is 1. The maximum atomic E-state index is 12.7. The normalized spacial score (nSPS) is 11.5. The molecule has 12 heteroatoms. The fraction of sp³-hybridized carbons (Fsp3) is 0.235. The van der Waals surface area contributed by atoms with Crippen LogP contribution in [0.25, 0.3) is 5.69 Å². The molecule has 3 heterocycles. The summed E-state index contributed by atoms with van der Waals surface area (Å²) in [6.45, 7) is 0. The van der Waals surface area contributed by atoms with Gasteiger partial charge in [0.15, 0.2) is 10.3 Å². The van der Waals surface area contributed by atoms with E-state index in [4.69, 9.17) is 11.6 Å². The number of thioether (sulfide) groups is 1. The second-order valence-corrected chi connectivity index (χ2v) is 7.15. The first-order chi connectivity index (χ1) is 13.8. The van der Waals surface area contributed by atoms with Gasteiger partial charge in [0.2, 0.25) is 5.91 Å². The molecule has 0 aliphatic heterocycles. The molecular weight excluding hydrogens is 429 g/mol. The highest BCUT2D eigenvalue weighted by molar-refractivity contribution is 7.99. The molecule has 0 aromatic carbocycles. The smallest absolute Gasteiger partial charge is 0.311 e. The molecule has 3 aromatic heterocycles. The number of hydrogen-bond donors (Lipinski definition) is 0. The fourth-order valence-electron chi connectivity index (χ4n) is 2.29. The van der Waals surface area contributed by atoms with E-state index >= 15 is 0 Å². The van der Waals surface area contributed by atoms with E-state index in [1.54, 1.807) is 37.8 Å². The summed E-state index contributed by atoms with van der Waals surface area (Å²) in [6, 6.07) is 4.32. The first-order valence-electron chi connectivity index (χ1n) is 8.21. The lowest BCUT2D eigenvalue weighted by Gasteiger charge is -2.15. The summed E-state index contributed by atoms with van der Waals surface area (Å²) in [6.07, 6.45) is 1.37. The maximum absolute atomic E-state index is 12.7. The molecule has 152 valence electrons. The summed E-state index contributed by atoms with van der Waals surface area (Å²) in [5.41, 5.74) is 0.0626. The quantitative estimate of drug-likeness (QED) is 0.426. The number of amides is 1. The van der Waals surface area contributed by atoms with Crippen molar-refractivity contribution in [1.29, 1.82) is 0 Å². The molecule has 0 atom stereocenters. The third-order valence-corrected chi connectivity index (χ3v) is 4.90. The number of hydrogen-bond acceptors (Lipinski definition) is 6. The number of anilines is 1. The van der Waals surface area contributed by atoms with E-state index in [1.165, 1.54) is 9.58 Å². The van der Waals surface area contributed by atoms with Crippen molar-refractivity contribution in [2.75, 3.05) is 17.7 Å². The van der Waals surface area contributed by atoms with Crippen LogP contribution < -0.4 is 4.90 Å². The number of pyridine rings is 1. The number of halogens is 4. The van der Waals surface area contributed by atoms with Crippen molar-refractivity contribution in [2.45, 2.75) is 17.8 Å². The Labute approximate surface area is 172 Å². The molecule has 0 unspecified atom stereocenters. The van der Waals surface area contributed by atoms with Gasteiger partial charge in [0, 0.05) is 31.6 Å². The van der Waals surface area contributed by atoms with Crippen LogP contribution in [0.2, 0.25) is 5.15 Å². The molecule has 0 bridgehead atoms. The van der Waals surface area contributed by atoms with Crippen LogP contribution in [0.4, 0.5) is 18.9 Å². The van der Waals surface area contributed by atoms with E-state index < -0.39 is 11.9 Å². The van der Waals surface area contributed by atoms with Crippen LogP contribution in [0.3, 0.4) is 0 Å². The van der Waals surface area contributed by atoms with E-state index in [2.05, 4.69) is 20.1 Å². The molecule has 3 aromatic rings. The Morgan fingerprint density at radius 3 is 2.79 bits per heavy atom. The molecule has 0 radical (unpaired) electrons. The third kappa shape index (κ3) is 5.24. The monoisotopic (exact) mass is 442 g/mol. The Morgan fingerprint density at radius 2 is 2.10 bits per heavy atom. The number of rotatable bonds is 6. The van der Waals surface area contributed by atoms with Gasteiger partial charge >= 0.3 is 6.18 Å². The average molecular weight is 443 g/mol. The zero-order valence-corrected chi connectivity index (χ0v) is 16.5. The van der Waals surface area contributed by atoms with Crippen LogP contribution in [0.5, 0.6) is 0 Å². The van der Waals surface area contributed by atoms with Crippen molar-refractivity contribution in [1.82, 2.24) is 24.7 Å². The standard InChI is InChI=1S/C17H14ClF3N6OS/c1-26(12-10-27(25-15(12)18)11-3-2-6-22-9-11)14(28)5-8-29-16-23-7-4-13(24-16)17(19,20)21/h2-4,6-7,9-10H,5,8H2,1H3. The predicted molar refractivity (Wildman–Crippen MR) is 102 cm³/mol. The molecular formula is C17H14ClF3N6OS. The van der Waals surface area contributed by atoms with Crippen molar-refractivity contribution in [3.8, 4) is 5.69 Å². The summed E-state index contributed by atoms with van der Waals surface area (Å²) >= 11 is 7.11. The number of nitrogens with zero attached hydrogens (tertiary/aromatic N) is 6. The van der Waals surface area contributed by atoms with Gasteiger partial charge in [0.05, 0.1) is 18.1 Å². The van der Waals surface area contributed by atoms with Gasteiger partial charge in [0.1, 0.15) is 11.4 Å². The minimum atomic E-state index is -4.54. The number of carbonyl (C=O) groups excluding carboxylic acids is 1. The van der Waals surface area contributed by atoms with Crippen molar-refractivity contribution >= 4 is 35.0 Å². The third-order valence-electron chi connectivity index (χ3n) is 3.77. The molecule has 0 saturated heterocycles. The Hall–Kier alpha value is -2.66. The lowest BCUT2D eigenvalue weighted by Crippen LogP contribution is -2.26. The zero-order chi connectivity index (χ0) is 21.0. The summed E-state index contributed by atoms with van der Waals surface area (Å²) in [5, 5.41) is 4.26. The minimum absolute atomic E-state index is 0.0438. The molecule has 0 N–H and O–H groups in total. The molecule has 0 fully saturated rings. The van der Waals surface area contributed by atoms with E-state index in [0.717, 1.165) is 24.0 Å². The molecule has 1 amide bonds. The lowest BCUT2D eigenvalue weighted by atomic mass is 10.4. The molecule has 3 rings (SSSR count). The molecule has 0 spiro atoms. The van der Waals surface area contributed by atoms with Gasteiger partial charge in [-0.2, -0.15) is 18.3 Å². The van der Waals surface area contributed by atoms with Gasteiger partial charge in [0.25, 0.3) is 0 Å². The average Bonchev–Trinajstić information content (AvgIpc) is 3.09. The number of alkyl halides is 3. The predicted octanol–water partition coefficient (Wildman–Crippen LogP) is 3.87. The van der Waals surface area contributed by atoms with Crippen LogP contribution in [0.1, 0.15) is 12.1 Å². The van der Waals surface area contributed by atoms with Crippen LogP contribution in [-0.2, 0) is 11.0 Å². The van der Waals surface area contributed by atoms with E-state index in [0.29, 0.717) is 11.4 Å². The van der Waals surface area contributed by atoms with E-state index in [-0.39, 0.29) is 28.4 Å². The van der Waals surface area contributed by atoms with Gasteiger partial charge in [-0.15, -0.1) is 0 Å². The first kappa shape index (κ1) is 21.1. The van der Waals surface area contributed by atoms with Crippen LogP contribution in [0, 0.1) is 0 Å². The van der Waals surface area contributed by atoms with Crippen molar-refractivity contribution in [3.63, 3.8) is 0 Å². The first-order valence-corrected chi connectivity index (χ1v) is 9.57. The molecule has 0 saturated carbocycles. The molecule has 29 heavy (non-hydrogen) atoms. The lowest BCUT2D eigenvalue weighted by molar-refractivity contribution is -0.141. The van der Waals surface area contributed by atoms with Gasteiger partial charge in [-0.1, -0.05) is 23.4 Å². The second-order valence-electron chi connectivity index (χ2n) is 5.73. The summed E-state index contributed by atoms with van der Waals surface area (Å²) < 4.78 is 39.6. The zero-order valence-electron chi connectivity index (χ0n) is 15.0. The highest BCUT2D eigenvalue weighted by atomic mass is 35.5. The highest BCUT2D eigenvalue weighted by Crippen LogP contribution is 2.29. The largest absolute Gasteiger partial charge is 0.433 e. The maximum Gasteiger partial charge on any atom is 0.433 e. The Balaban J connectivity index is 1.61. The Kier molecular flexibility index (Phi) is 6.38. The summed E-state index contributed by atoms with van der Waals surface area (Å²) in [5.74, 6) is -0.0733. The Morgan fingerprint density at radius 1 is 1.31 bits per heavy atom. The number of aromatic nitrogens is 5. The molecule has 0 aliphatic rings. The van der Waals surface area contributed by atoms with Gasteiger partial charge in [-0.25, -0.2) is 14.6 Å². The molecule has 7 nitrogen and oxygen atoms in total. The van der Waals surface area contributed by atoms with Gasteiger partial charge in [-0.3, -0.25) is 9.78 Å². The second kappa shape index (κ2) is 8.78. The van der Waals surface area contributed by atoms with Crippen molar-refractivity contribution in [3.05, 3.63) is 53.8 Å². The Bertz CT molecular complexity index is 998. The van der Waals surface area contributed by atoms with E-state index in [1.807, 2.05) is 0 Å². The van der Waals surface area contributed by atoms with E-state index in [9.17, 15) is 18.0 Å².